The maximum absolute atomic E-state index is 13.4. The average molecular weight is 476 g/mol. The number of benzene rings is 2. The predicted molar refractivity (Wildman–Crippen MR) is 136 cm³/mol. The smallest absolute Gasteiger partial charge is 0.262 e. The molecule has 0 saturated heterocycles. The lowest BCUT2D eigenvalue weighted by atomic mass is 9.93. The summed E-state index contributed by atoms with van der Waals surface area (Å²) < 4.78 is 12.5. The third-order valence-electron chi connectivity index (χ3n) is 6.58. The second-order valence-corrected chi connectivity index (χ2v) is 9.74. The topological polar surface area (TPSA) is 65.4 Å². The number of thiophene rings is 1. The molecule has 1 unspecified atom stereocenters. The predicted octanol–water partition coefficient (Wildman–Crippen LogP) is 4.37. The number of methoxy groups -OCH3 is 2. The van der Waals surface area contributed by atoms with E-state index in [2.05, 4.69) is 22.4 Å². The van der Waals surface area contributed by atoms with Gasteiger partial charge in [0.15, 0.2) is 0 Å². The molecule has 4 aromatic rings. The van der Waals surface area contributed by atoms with Crippen LogP contribution in [0.2, 0.25) is 0 Å². The van der Waals surface area contributed by atoms with Crippen LogP contribution in [0.4, 0.5) is 0 Å². The van der Waals surface area contributed by atoms with E-state index in [1.165, 1.54) is 16.0 Å². The summed E-state index contributed by atoms with van der Waals surface area (Å²) in [7, 11) is 3.37. The second kappa shape index (κ2) is 9.99. The Morgan fingerprint density at radius 1 is 1.15 bits per heavy atom. The fourth-order valence-corrected chi connectivity index (χ4v) is 5.99. The molecule has 1 aliphatic carbocycles. The van der Waals surface area contributed by atoms with E-state index in [0.717, 1.165) is 59.5 Å². The van der Waals surface area contributed by atoms with E-state index in [0.29, 0.717) is 12.6 Å². The minimum atomic E-state index is 0.0696. The van der Waals surface area contributed by atoms with Gasteiger partial charge in [-0.1, -0.05) is 30.3 Å². The van der Waals surface area contributed by atoms with Gasteiger partial charge in [0.05, 0.1) is 25.9 Å². The number of hydrogen-bond donors (Lipinski definition) is 1. The molecule has 0 saturated carbocycles. The first-order valence-electron chi connectivity index (χ1n) is 11.6. The van der Waals surface area contributed by atoms with Crippen LogP contribution in [0.3, 0.4) is 0 Å². The summed E-state index contributed by atoms with van der Waals surface area (Å²) in [6, 6.07) is 16.5. The van der Waals surface area contributed by atoms with Crippen molar-refractivity contribution in [1.29, 1.82) is 0 Å². The molecule has 1 aliphatic rings. The van der Waals surface area contributed by atoms with Crippen LogP contribution in [0.15, 0.2) is 59.7 Å². The lowest BCUT2D eigenvalue weighted by Gasteiger charge is -2.23. The van der Waals surface area contributed by atoms with E-state index in [1.807, 2.05) is 36.4 Å². The van der Waals surface area contributed by atoms with Crippen molar-refractivity contribution >= 4 is 21.6 Å². The minimum absolute atomic E-state index is 0.0696. The Morgan fingerprint density at radius 2 is 2.03 bits per heavy atom. The molecule has 176 valence electrons. The van der Waals surface area contributed by atoms with Crippen molar-refractivity contribution in [3.05, 3.63) is 86.8 Å². The van der Waals surface area contributed by atoms with Crippen LogP contribution in [0.5, 0.6) is 11.5 Å². The Labute approximate surface area is 203 Å². The summed E-state index contributed by atoms with van der Waals surface area (Å²) in [4.78, 5) is 20.2. The second-order valence-electron chi connectivity index (χ2n) is 8.66. The van der Waals surface area contributed by atoms with Crippen LogP contribution in [0.25, 0.3) is 10.2 Å². The number of ether oxygens (including phenoxy) is 2. The number of rotatable bonds is 8. The first-order chi connectivity index (χ1) is 16.7. The Morgan fingerprint density at radius 3 is 2.88 bits per heavy atom. The van der Waals surface area contributed by atoms with E-state index in [9.17, 15) is 4.79 Å². The first kappa shape index (κ1) is 22.6. The molecular weight excluding hydrogens is 446 g/mol. The van der Waals surface area contributed by atoms with Gasteiger partial charge in [-0.05, 0) is 60.6 Å². The number of fused-ring (bicyclic) bond motifs is 3. The third kappa shape index (κ3) is 4.58. The van der Waals surface area contributed by atoms with Gasteiger partial charge in [0.25, 0.3) is 5.56 Å². The highest BCUT2D eigenvalue weighted by Gasteiger charge is 2.25. The van der Waals surface area contributed by atoms with Crippen molar-refractivity contribution in [1.82, 2.24) is 14.9 Å². The lowest BCUT2D eigenvalue weighted by Crippen LogP contribution is -2.33. The molecule has 1 N–H and O–H groups in total. The maximum Gasteiger partial charge on any atom is 0.262 e. The largest absolute Gasteiger partial charge is 0.497 e. The molecule has 6 nitrogen and oxygen atoms in total. The van der Waals surface area contributed by atoms with E-state index >= 15 is 0 Å². The zero-order valence-electron chi connectivity index (χ0n) is 19.5. The Bertz CT molecular complexity index is 1360. The fraction of sp³-hybridized carbons (Fsp3) is 0.333. The molecule has 0 aliphatic heterocycles. The quantitative estimate of drug-likeness (QED) is 0.410. The van der Waals surface area contributed by atoms with Crippen LogP contribution >= 0.6 is 11.3 Å². The highest BCUT2D eigenvalue weighted by molar-refractivity contribution is 7.18. The standard InChI is InChI=1S/C27H29N3O3S/c1-32-21-8-5-6-18(14-21)16-28-20-10-11-22-24(15-20)34-26-25(22)27(31)30(17-29-26)13-12-19-7-3-4-9-23(19)33-2/h3-9,14,17,20,28H,10-13,15-16H2,1-2H3. The third-order valence-corrected chi connectivity index (χ3v) is 7.74. The van der Waals surface area contributed by atoms with Gasteiger partial charge in [-0.15, -0.1) is 11.3 Å². The molecule has 2 heterocycles. The Balaban J connectivity index is 1.31. The number of nitrogens with one attached hydrogen (secondary N) is 1. The molecule has 0 fully saturated rings. The van der Waals surface area contributed by atoms with E-state index in [1.54, 1.807) is 36.5 Å². The number of nitrogens with zero attached hydrogens (tertiary/aromatic N) is 2. The summed E-state index contributed by atoms with van der Waals surface area (Å²) in [5.41, 5.74) is 3.57. The molecule has 0 spiro atoms. The van der Waals surface area contributed by atoms with Crippen LogP contribution < -0.4 is 20.3 Å². The number of aryl methyl sites for hydroxylation is 3. The lowest BCUT2D eigenvalue weighted by molar-refractivity contribution is 0.408. The van der Waals surface area contributed by atoms with Gasteiger partial charge in [0, 0.05) is 24.0 Å². The maximum atomic E-state index is 13.4. The van der Waals surface area contributed by atoms with Crippen molar-refractivity contribution in [3.63, 3.8) is 0 Å². The van der Waals surface area contributed by atoms with Gasteiger partial charge in [0.1, 0.15) is 16.3 Å². The summed E-state index contributed by atoms with van der Waals surface area (Å²) >= 11 is 1.67. The van der Waals surface area contributed by atoms with Crippen LogP contribution in [-0.2, 0) is 32.4 Å². The first-order valence-corrected chi connectivity index (χ1v) is 12.5. The van der Waals surface area contributed by atoms with Gasteiger partial charge in [-0.2, -0.15) is 0 Å². The van der Waals surface area contributed by atoms with Crippen molar-refractivity contribution < 1.29 is 9.47 Å². The number of hydrogen-bond acceptors (Lipinski definition) is 6. The van der Waals surface area contributed by atoms with Crippen molar-refractivity contribution in [2.45, 2.75) is 44.8 Å². The van der Waals surface area contributed by atoms with Gasteiger partial charge in [-0.25, -0.2) is 4.98 Å². The minimum Gasteiger partial charge on any atom is -0.497 e. The molecule has 0 amide bonds. The van der Waals surface area contributed by atoms with E-state index in [-0.39, 0.29) is 5.56 Å². The molecule has 1 atom stereocenters. The summed E-state index contributed by atoms with van der Waals surface area (Å²) in [5.74, 6) is 1.73. The molecule has 0 bridgehead atoms. The van der Waals surface area contributed by atoms with Crippen molar-refractivity contribution in [2.24, 2.45) is 0 Å². The Kier molecular flexibility index (Phi) is 6.65. The summed E-state index contributed by atoms with van der Waals surface area (Å²) in [6.07, 6.45) is 5.26. The van der Waals surface area contributed by atoms with Gasteiger partial charge < -0.3 is 14.8 Å². The molecule has 2 aromatic heterocycles. The molecular formula is C27H29N3O3S. The number of aromatic nitrogens is 2. The van der Waals surface area contributed by atoms with Gasteiger partial charge >= 0.3 is 0 Å². The average Bonchev–Trinajstić information content (AvgIpc) is 3.26. The highest BCUT2D eigenvalue weighted by Crippen LogP contribution is 2.34. The van der Waals surface area contributed by atoms with Crippen molar-refractivity contribution in [3.8, 4) is 11.5 Å². The Hall–Kier alpha value is -3.16. The van der Waals surface area contributed by atoms with E-state index in [4.69, 9.17) is 9.47 Å². The van der Waals surface area contributed by atoms with Crippen LogP contribution in [-0.4, -0.2) is 29.8 Å². The van der Waals surface area contributed by atoms with E-state index < -0.39 is 0 Å². The normalized spacial score (nSPS) is 15.3. The summed E-state index contributed by atoms with van der Waals surface area (Å²) in [5, 5.41) is 4.50. The molecule has 7 heteroatoms. The highest BCUT2D eigenvalue weighted by atomic mass is 32.1. The molecule has 0 radical (unpaired) electrons. The molecule has 5 rings (SSSR count). The van der Waals surface area contributed by atoms with Gasteiger partial charge in [0.2, 0.25) is 0 Å². The molecule has 34 heavy (non-hydrogen) atoms. The SMILES string of the molecule is COc1cccc(CNC2CCc3c(sc4ncn(CCc5ccccc5OC)c(=O)c34)C2)c1. The van der Waals surface area contributed by atoms with Gasteiger partial charge in [-0.3, -0.25) is 9.36 Å². The van der Waals surface area contributed by atoms with Crippen LogP contribution in [0, 0.1) is 0 Å². The zero-order valence-corrected chi connectivity index (χ0v) is 20.4. The fourth-order valence-electron chi connectivity index (χ4n) is 4.73. The monoisotopic (exact) mass is 475 g/mol. The molecule has 2 aromatic carbocycles. The zero-order chi connectivity index (χ0) is 23.5. The summed E-state index contributed by atoms with van der Waals surface area (Å²) in [6.45, 7) is 1.38. The number of para-hydroxylation sites is 1. The van der Waals surface area contributed by atoms with Crippen molar-refractivity contribution in [2.75, 3.05) is 14.2 Å². The van der Waals surface area contributed by atoms with Crippen LogP contribution in [0.1, 0.15) is 28.0 Å².